The third-order valence-corrected chi connectivity index (χ3v) is 3.50. The van der Waals surface area contributed by atoms with Crippen molar-refractivity contribution in [3.63, 3.8) is 0 Å². The van der Waals surface area contributed by atoms with E-state index in [2.05, 4.69) is 0 Å². The number of nitrogens with two attached hydrogens (primary N) is 1. The largest absolute Gasteiger partial charge is 0.496 e. The van der Waals surface area contributed by atoms with Crippen LogP contribution < -0.4 is 10.5 Å². The van der Waals surface area contributed by atoms with E-state index in [-0.39, 0.29) is 5.54 Å². The summed E-state index contributed by atoms with van der Waals surface area (Å²) in [7, 11) is 1.66. The molecular weight excluding hydrogens is 210 g/mol. The van der Waals surface area contributed by atoms with E-state index in [0.29, 0.717) is 0 Å². The lowest BCUT2D eigenvalue weighted by molar-refractivity contribution is 0.379. The first kappa shape index (κ1) is 10.8. The van der Waals surface area contributed by atoms with Crippen LogP contribution in [0.25, 0.3) is 0 Å². The van der Waals surface area contributed by atoms with Gasteiger partial charge in [-0.05, 0) is 25.0 Å². The number of halogens is 1. The fourth-order valence-corrected chi connectivity index (χ4v) is 2.77. The minimum atomic E-state index is -0.288. The molecule has 0 aliphatic heterocycles. The van der Waals surface area contributed by atoms with Gasteiger partial charge in [0.2, 0.25) is 0 Å². The smallest absolute Gasteiger partial charge is 0.125 e. The molecule has 1 fully saturated rings. The molecule has 0 heterocycles. The van der Waals surface area contributed by atoms with Gasteiger partial charge in [0, 0.05) is 16.1 Å². The average molecular weight is 226 g/mol. The molecule has 2 rings (SSSR count). The first-order chi connectivity index (χ1) is 7.17. The quantitative estimate of drug-likeness (QED) is 0.840. The monoisotopic (exact) mass is 225 g/mol. The Morgan fingerprint density at radius 2 is 2.00 bits per heavy atom. The minimum absolute atomic E-state index is 0.288. The summed E-state index contributed by atoms with van der Waals surface area (Å²) in [5.74, 6) is 0.812. The minimum Gasteiger partial charge on any atom is -0.496 e. The van der Waals surface area contributed by atoms with Crippen molar-refractivity contribution in [3.8, 4) is 5.75 Å². The second-order valence-corrected chi connectivity index (χ2v) is 4.59. The zero-order chi connectivity index (χ0) is 10.9. The zero-order valence-corrected chi connectivity index (χ0v) is 9.68. The summed E-state index contributed by atoms with van der Waals surface area (Å²) in [5, 5.41) is 0.721. The topological polar surface area (TPSA) is 35.2 Å². The van der Waals surface area contributed by atoms with Crippen molar-refractivity contribution in [1.82, 2.24) is 0 Å². The van der Waals surface area contributed by atoms with Crippen molar-refractivity contribution in [3.05, 3.63) is 28.8 Å². The van der Waals surface area contributed by atoms with Crippen LogP contribution in [-0.2, 0) is 5.54 Å². The van der Waals surface area contributed by atoms with Gasteiger partial charge in [-0.2, -0.15) is 0 Å². The van der Waals surface area contributed by atoms with Crippen molar-refractivity contribution in [2.45, 2.75) is 31.2 Å². The van der Waals surface area contributed by atoms with Gasteiger partial charge in [0.15, 0.2) is 0 Å². The lowest BCUT2D eigenvalue weighted by Gasteiger charge is -2.27. The third-order valence-electron chi connectivity index (χ3n) is 3.19. The standard InChI is InChI=1S/C12H16ClNO/c1-15-10-6-4-5-9(13)11(10)12(14)7-2-3-8-12/h4-6H,2-3,7-8,14H2,1H3. The van der Waals surface area contributed by atoms with E-state index in [1.807, 2.05) is 18.2 Å². The van der Waals surface area contributed by atoms with Gasteiger partial charge in [-0.15, -0.1) is 0 Å². The lowest BCUT2D eigenvalue weighted by atomic mass is 9.88. The molecule has 2 nitrogen and oxygen atoms in total. The Labute approximate surface area is 95.4 Å². The number of hydrogen-bond acceptors (Lipinski definition) is 2. The number of benzene rings is 1. The normalized spacial score (nSPS) is 19.1. The molecule has 0 atom stereocenters. The summed E-state index contributed by atoms with van der Waals surface area (Å²) in [6.45, 7) is 0. The Kier molecular flexibility index (Phi) is 2.89. The van der Waals surface area contributed by atoms with E-state index in [1.165, 1.54) is 12.8 Å². The molecule has 0 spiro atoms. The van der Waals surface area contributed by atoms with E-state index in [9.17, 15) is 0 Å². The highest BCUT2D eigenvalue weighted by Gasteiger charge is 2.35. The zero-order valence-electron chi connectivity index (χ0n) is 8.92. The molecule has 0 aromatic heterocycles. The molecule has 1 aromatic carbocycles. The molecule has 15 heavy (non-hydrogen) atoms. The first-order valence-electron chi connectivity index (χ1n) is 5.29. The Bertz CT molecular complexity index is 359. The van der Waals surface area contributed by atoms with E-state index in [1.54, 1.807) is 7.11 Å². The molecule has 1 aromatic rings. The van der Waals surface area contributed by atoms with Crippen LogP contribution in [0.2, 0.25) is 5.02 Å². The molecule has 1 saturated carbocycles. The maximum absolute atomic E-state index is 6.39. The van der Waals surface area contributed by atoms with Crippen molar-refractivity contribution >= 4 is 11.6 Å². The fourth-order valence-electron chi connectivity index (χ4n) is 2.41. The predicted octanol–water partition coefficient (Wildman–Crippen LogP) is 3.08. The fraction of sp³-hybridized carbons (Fsp3) is 0.500. The van der Waals surface area contributed by atoms with Crippen LogP contribution in [0.1, 0.15) is 31.2 Å². The van der Waals surface area contributed by atoms with Gasteiger partial charge >= 0.3 is 0 Å². The number of rotatable bonds is 2. The highest BCUT2D eigenvalue weighted by molar-refractivity contribution is 6.31. The summed E-state index contributed by atoms with van der Waals surface area (Å²) < 4.78 is 5.34. The summed E-state index contributed by atoms with van der Waals surface area (Å²) in [4.78, 5) is 0. The summed E-state index contributed by atoms with van der Waals surface area (Å²) in [6, 6.07) is 5.70. The van der Waals surface area contributed by atoms with E-state index < -0.39 is 0 Å². The first-order valence-corrected chi connectivity index (χ1v) is 5.67. The maximum Gasteiger partial charge on any atom is 0.125 e. The Morgan fingerprint density at radius 3 is 2.60 bits per heavy atom. The summed E-state index contributed by atoms with van der Waals surface area (Å²) >= 11 is 6.22. The third kappa shape index (κ3) is 1.84. The van der Waals surface area contributed by atoms with Gasteiger partial charge in [0.05, 0.1) is 7.11 Å². The number of hydrogen-bond donors (Lipinski definition) is 1. The lowest BCUT2D eigenvalue weighted by Crippen LogP contribution is -2.33. The Balaban J connectivity index is 2.49. The highest BCUT2D eigenvalue weighted by atomic mass is 35.5. The Hall–Kier alpha value is -0.730. The molecule has 82 valence electrons. The van der Waals surface area contributed by atoms with Gasteiger partial charge in [-0.25, -0.2) is 0 Å². The molecule has 1 aliphatic rings. The summed E-state index contributed by atoms with van der Waals surface area (Å²) in [5.41, 5.74) is 7.08. The molecule has 0 bridgehead atoms. The van der Waals surface area contributed by atoms with Crippen molar-refractivity contribution in [2.24, 2.45) is 5.73 Å². The van der Waals surface area contributed by atoms with Gasteiger partial charge < -0.3 is 10.5 Å². The molecular formula is C12H16ClNO. The van der Waals surface area contributed by atoms with Crippen molar-refractivity contribution in [1.29, 1.82) is 0 Å². The van der Waals surface area contributed by atoms with Crippen LogP contribution in [0, 0.1) is 0 Å². The summed E-state index contributed by atoms with van der Waals surface area (Å²) in [6.07, 6.45) is 4.33. The van der Waals surface area contributed by atoms with Crippen molar-refractivity contribution in [2.75, 3.05) is 7.11 Å². The molecule has 0 amide bonds. The Morgan fingerprint density at radius 1 is 1.33 bits per heavy atom. The van der Waals surface area contributed by atoms with Crippen LogP contribution >= 0.6 is 11.6 Å². The second-order valence-electron chi connectivity index (χ2n) is 4.18. The van der Waals surface area contributed by atoms with Gasteiger partial charge in [0.25, 0.3) is 0 Å². The molecule has 2 N–H and O–H groups in total. The van der Waals surface area contributed by atoms with Crippen LogP contribution in [0.15, 0.2) is 18.2 Å². The molecule has 0 saturated heterocycles. The molecule has 0 radical (unpaired) electrons. The van der Waals surface area contributed by atoms with E-state index >= 15 is 0 Å². The van der Waals surface area contributed by atoms with Crippen LogP contribution in [0.3, 0.4) is 0 Å². The highest BCUT2D eigenvalue weighted by Crippen LogP contribution is 2.43. The van der Waals surface area contributed by atoms with Crippen LogP contribution in [0.4, 0.5) is 0 Å². The number of methoxy groups -OCH3 is 1. The van der Waals surface area contributed by atoms with E-state index in [0.717, 1.165) is 29.2 Å². The second kappa shape index (κ2) is 4.03. The van der Waals surface area contributed by atoms with E-state index in [4.69, 9.17) is 22.1 Å². The maximum atomic E-state index is 6.39. The molecule has 3 heteroatoms. The SMILES string of the molecule is COc1cccc(Cl)c1C1(N)CCCC1. The number of ether oxygens (including phenoxy) is 1. The predicted molar refractivity (Wildman–Crippen MR) is 62.3 cm³/mol. The molecule has 1 aliphatic carbocycles. The van der Waals surface area contributed by atoms with Crippen LogP contribution in [-0.4, -0.2) is 7.11 Å². The molecule has 0 unspecified atom stereocenters. The average Bonchev–Trinajstić information content (AvgIpc) is 2.65. The van der Waals surface area contributed by atoms with Gasteiger partial charge in [-0.3, -0.25) is 0 Å². The van der Waals surface area contributed by atoms with Crippen molar-refractivity contribution < 1.29 is 4.74 Å². The van der Waals surface area contributed by atoms with Gasteiger partial charge in [-0.1, -0.05) is 30.5 Å². The van der Waals surface area contributed by atoms with Gasteiger partial charge in [0.1, 0.15) is 5.75 Å². The van der Waals surface area contributed by atoms with Crippen LogP contribution in [0.5, 0.6) is 5.75 Å².